The molecule has 0 aliphatic rings. The number of hydrogen-bond donors (Lipinski definition) is 2. The lowest BCUT2D eigenvalue weighted by Gasteiger charge is -2.18. The summed E-state index contributed by atoms with van der Waals surface area (Å²) in [4.78, 5) is 25.2. The van der Waals surface area contributed by atoms with Crippen LogP contribution in [0, 0.1) is 0 Å². The molecular weight excluding hydrogens is 310 g/mol. The number of amides is 2. The smallest absolute Gasteiger partial charge is 0.419 e. The molecule has 0 aliphatic carbocycles. The fraction of sp³-hybridized carbons (Fsp3) is 0.176. The van der Waals surface area contributed by atoms with E-state index < -0.39 is 5.76 Å². The number of benzene rings is 2. The van der Waals surface area contributed by atoms with E-state index in [1.807, 2.05) is 0 Å². The highest BCUT2D eigenvalue weighted by molar-refractivity contribution is 5.91. The van der Waals surface area contributed by atoms with Crippen LogP contribution in [0.2, 0.25) is 0 Å². The maximum atomic E-state index is 12.3. The third-order valence-electron chi connectivity index (χ3n) is 3.79. The molecule has 0 saturated heterocycles. The third kappa shape index (κ3) is 2.96. The molecule has 0 atom stereocenters. The molecular formula is C17H17N3O4. The number of aromatic nitrogens is 1. The minimum absolute atomic E-state index is 0.145. The highest BCUT2D eigenvalue weighted by atomic mass is 16.4. The van der Waals surface area contributed by atoms with Crippen LogP contribution in [-0.4, -0.2) is 27.7 Å². The number of nitrogens with one attached hydrogen (secondary N) is 1. The van der Waals surface area contributed by atoms with E-state index in [0.717, 1.165) is 0 Å². The summed E-state index contributed by atoms with van der Waals surface area (Å²) in [6.45, 7) is 0.269. The normalized spacial score (nSPS) is 10.8. The summed E-state index contributed by atoms with van der Waals surface area (Å²) in [5, 5.41) is 12.5. The van der Waals surface area contributed by atoms with Gasteiger partial charge in [0.05, 0.1) is 12.1 Å². The van der Waals surface area contributed by atoms with Gasteiger partial charge in [0.2, 0.25) is 0 Å². The van der Waals surface area contributed by atoms with Crippen LogP contribution in [0.5, 0.6) is 5.75 Å². The lowest BCUT2D eigenvalue weighted by atomic mass is 10.2. The predicted octanol–water partition coefficient (Wildman–Crippen LogP) is 2.50. The summed E-state index contributed by atoms with van der Waals surface area (Å²) in [6, 6.07) is 11.5. The molecule has 0 saturated carbocycles. The van der Waals surface area contributed by atoms with Gasteiger partial charge in [-0.2, -0.15) is 0 Å². The summed E-state index contributed by atoms with van der Waals surface area (Å²) in [5.41, 5.74) is 2.26. The molecule has 2 N–H and O–H groups in total. The van der Waals surface area contributed by atoms with Gasteiger partial charge >= 0.3 is 11.8 Å². The zero-order chi connectivity index (χ0) is 17.3. The Morgan fingerprint density at radius 2 is 2.04 bits per heavy atom. The Balaban J connectivity index is 1.75. The molecule has 3 rings (SSSR count). The van der Waals surface area contributed by atoms with Crippen molar-refractivity contribution in [3.8, 4) is 5.75 Å². The van der Waals surface area contributed by atoms with Crippen LogP contribution in [0.3, 0.4) is 0 Å². The topological polar surface area (TPSA) is 87.7 Å². The Morgan fingerprint density at radius 3 is 2.79 bits per heavy atom. The van der Waals surface area contributed by atoms with Gasteiger partial charge in [-0.25, -0.2) is 9.59 Å². The average Bonchev–Trinajstić information content (AvgIpc) is 2.84. The van der Waals surface area contributed by atoms with Gasteiger partial charge in [0.25, 0.3) is 0 Å². The molecule has 7 nitrogen and oxygen atoms in total. The number of fused-ring (bicyclic) bond motifs is 1. The number of urea groups is 1. The average molecular weight is 327 g/mol. The van der Waals surface area contributed by atoms with E-state index in [2.05, 4.69) is 5.32 Å². The SMILES string of the molecule is CN(Cc1ccccc1O)C(=O)Nc1ccc2oc(=O)n(C)c2c1. The number of anilines is 1. The van der Waals surface area contributed by atoms with Crippen molar-refractivity contribution in [1.82, 2.24) is 9.47 Å². The number of carbonyl (C=O) groups excluding carboxylic acids is 1. The number of phenolic OH excluding ortho intramolecular Hbond substituents is 1. The van der Waals surface area contributed by atoms with Crippen molar-refractivity contribution < 1.29 is 14.3 Å². The largest absolute Gasteiger partial charge is 0.508 e. The summed E-state index contributed by atoms with van der Waals surface area (Å²) in [6.07, 6.45) is 0. The summed E-state index contributed by atoms with van der Waals surface area (Å²) >= 11 is 0. The number of aryl methyl sites for hydroxylation is 1. The van der Waals surface area contributed by atoms with Gasteiger partial charge in [0, 0.05) is 25.3 Å². The van der Waals surface area contributed by atoms with Crippen LogP contribution >= 0.6 is 0 Å². The van der Waals surface area contributed by atoms with Gasteiger partial charge < -0.3 is 19.7 Å². The van der Waals surface area contributed by atoms with Gasteiger partial charge in [0.1, 0.15) is 5.75 Å². The van der Waals surface area contributed by atoms with Gasteiger partial charge in [-0.05, 0) is 24.3 Å². The van der Waals surface area contributed by atoms with E-state index in [4.69, 9.17) is 4.42 Å². The molecule has 0 fully saturated rings. The van der Waals surface area contributed by atoms with Crippen molar-refractivity contribution in [2.24, 2.45) is 7.05 Å². The summed E-state index contributed by atoms with van der Waals surface area (Å²) in [7, 11) is 3.23. The fourth-order valence-corrected chi connectivity index (χ4v) is 2.40. The van der Waals surface area contributed by atoms with E-state index >= 15 is 0 Å². The van der Waals surface area contributed by atoms with Crippen LogP contribution in [-0.2, 0) is 13.6 Å². The highest BCUT2D eigenvalue weighted by Crippen LogP contribution is 2.20. The quantitative estimate of drug-likeness (QED) is 0.774. The zero-order valence-electron chi connectivity index (χ0n) is 13.3. The second kappa shape index (κ2) is 6.11. The maximum Gasteiger partial charge on any atom is 0.419 e. The Hall–Kier alpha value is -3.22. The molecule has 0 aliphatic heterocycles. The van der Waals surface area contributed by atoms with Crippen molar-refractivity contribution in [1.29, 1.82) is 0 Å². The molecule has 2 aromatic carbocycles. The maximum absolute atomic E-state index is 12.3. The van der Waals surface area contributed by atoms with Gasteiger partial charge in [-0.15, -0.1) is 0 Å². The van der Waals surface area contributed by atoms with Crippen LogP contribution in [0.1, 0.15) is 5.56 Å². The van der Waals surface area contributed by atoms with E-state index in [-0.39, 0.29) is 18.3 Å². The van der Waals surface area contributed by atoms with Gasteiger partial charge in [-0.1, -0.05) is 18.2 Å². The molecule has 0 spiro atoms. The number of nitrogens with zero attached hydrogens (tertiary/aromatic N) is 2. The molecule has 0 bridgehead atoms. The van der Waals surface area contributed by atoms with Gasteiger partial charge in [-0.3, -0.25) is 4.57 Å². The van der Waals surface area contributed by atoms with Crippen LogP contribution in [0.15, 0.2) is 51.7 Å². The fourth-order valence-electron chi connectivity index (χ4n) is 2.40. The first-order valence-corrected chi connectivity index (χ1v) is 7.34. The van der Waals surface area contributed by atoms with Crippen molar-refractivity contribution in [2.75, 3.05) is 12.4 Å². The predicted molar refractivity (Wildman–Crippen MR) is 90.0 cm³/mol. The van der Waals surface area contributed by atoms with E-state index in [0.29, 0.717) is 22.4 Å². The van der Waals surface area contributed by atoms with Crippen LogP contribution in [0.25, 0.3) is 11.1 Å². The van der Waals surface area contributed by atoms with E-state index in [9.17, 15) is 14.7 Å². The third-order valence-corrected chi connectivity index (χ3v) is 3.79. The molecule has 0 radical (unpaired) electrons. The Kier molecular flexibility index (Phi) is 3.99. The number of oxazole rings is 1. The number of carbonyl (C=O) groups is 1. The number of para-hydroxylation sites is 1. The molecule has 24 heavy (non-hydrogen) atoms. The number of rotatable bonds is 3. The number of aromatic hydroxyl groups is 1. The highest BCUT2D eigenvalue weighted by Gasteiger charge is 2.13. The summed E-state index contributed by atoms with van der Waals surface area (Å²) in [5.74, 6) is -0.308. The second-order valence-corrected chi connectivity index (χ2v) is 5.52. The zero-order valence-corrected chi connectivity index (χ0v) is 13.3. The van der Waals surface area contributed by atoms with E-state index in [1.54, 1.807) is 56.6 Å². The first-order chi connectivity index (χ1) is 11.5. The minimum atomic E-state index is -0.454. The minimum Gasteiger partial charge on any atom is -0.508 e. The molecule has 1 heterocycles. The number of phenols is 1. The first-order valence-electron chi connectivity index (χ1n) is 7.34. The molecule has 124 valence electrons. The molecule has 0 unspecified atom stereocenters. The van der Waals surface area contributed by atoms with Crippen LogP contribution in [0.4, 0.5) is 10.5 Å². The standard InChI is InChI=1S/C17H17N3O4/c1-19(10-11-5-3-4-6-14(11)21)16(22)18-12-7-8-15-13(9-12)20(2)17(23)24-15/h3-9,21H,10H2,1-2H3,(H,18,22). The monoisotopic (exact) mass is 327 g/mol. The lowest BCUT2D eigenvalue weighted by molar-refractivity contribution is 0.220. The second-order valence-electron chi connectivity index (χ2n) is 5.52. The van der Waals surface area contributed by atoms with Crippen molar-refractivity contribution in [3.63, 3.8) is 0 Å². The van der Waals surface area contributed by atoms with Crippen molar-refractivity contribution in [2.45, 2.75) is 6.54 Å². The Bertz CT molecular complexity index is 958. The van der Waals surface area contributed by atoms with Crippen molar-refractivity contribution in [3.05, 3.63) is 58.6 Å². The molecule has 1 aromatic heterocycles. The summed E-state index contributed by atoms with van der Waals surface area (Å²) < 4.78 is 6.43. The van der Waals surface area contributed by atoms with Crippen LogP contribution < -0.4 is 11.1 Å². The van der Waals surface area contributed by atoms with E-state index in [1.165, 1.54) is 9.47 Å². The molecule has 3 aromatic rings. The lowest BCUT2D eigenvalue weighted by Crippen LogP contribution is -2.30. The van der Waals surface area contributed by atoms with Gasteiger partial charge in [0.15, 0.2) is 5.58 Å². The molecule has 7 heteroatoms. The molecule has 2 amide bonds. The van der Waals surface area contributed by atoms with Crippen molar-refractivity contribution >= 4 is 22.8 Å². The Labute approximate surface area is 137 Å². The Morgan fingerprint density at radius 1 is 1.29 bits per heavy atom. The number of hydrogen-bond acceptors (Lipinski definition) is 4. The first kappa shape index (κ1) is 15.7.